The number of halogens is 1. The first-order valence-corrected chi connectivity index (χ1v) is 7.44. The van der Waals surface area contributed by atoms with Crippen LogP contribution < -0.4 is 0 Å². The number of H-pyrrole nitrogens is 1. The lowest BCUT2D eigenvalue weighted by molar-refractivity contribution is -0.112. The number of hydrogen-bond acceptors (Lipinski definition) is 3. The van der Waals surface area contributed by atoms with Gasteiger partial charge in [0.15, 0.2) is 10.4 Å². The normalized spacial score (nSPS) is 25.5. The SMILES string of the molecule is COC1CC(n2c(=S)[nH]c3cc(Br)cnc32)C1(C)C. The first-order chi connectivity index (χ1) is 8.95. The summed E-state index contributed by atoms with van der Waals surface area (Å²) in [5, 5.41) is 0. The zero-order valence-electron chi connectivity index (χ0n) is 11.1. The molecular formula is C13H16BrN3OS. The van der Waals surface area contributed by atoms with Crippen LogP contribution >= 0.6 is 28.1 Å². The van der Waals surface area contributed by atoms with Gasteiger partial charge in [-0.3, -0.25) is 4.57 Å². The molecule has 0 saturated heterocycles. The van der Waals surface area contributed by atoms with Gasteiger partial charge < -0.3 is 9.72 Å². The van der Waals surface area contributed by atoms with Gasteiger partial charge in [-0.05, 0) is 40.6 Å². The molecule has 3 rings (SSSR count). The van der Waals surface area contributed by atoms with Gasteiger partial charge in [-0.25, -0.2) is 4.98 Å². The fourth-order valence-corrected chi connectivity index (χ4v) is 3.63. The molecule has 0 radical (unpaired) electrons. The Morgan fingerprint density at radius 2 is 2.32 bits per heavy atom. The minimum atomic E-state index is 0.0663. The summed E-state index contributed by atoms with van der Waals surface area (Å²) >= 11 is 8.89. The smallest absolute Gasteiger partial charge is 0.179 e. The lowest BCUT2D eigenvalue weighted by Gasteiger charge is -2.51. The molecule has 2 heterocycles. The van der Waals surface area contributed by atoms with Gasteiger partial charge in [-0.15, -0.1) is 0 Å². The molecule has 2 aromatic rings. The maximum Gasteiger partial charge on any atom is 0.179 e. The Bertz CT molecular complexity index is 691. The molecule has 1 N–H and O–H groups in total. The van der Waals surface area contributed by atoms with E-state index in [1.807, 2.05) is 6.07 Å². The van der Waals surface area contributed by atoms with E-state index in [4.69, 9.17) is 17.0 Å². The topological polar surface area (TPSA) is 42.8 Å². The molecule has 1 aliphatic rings. The van der Waals surface area contributed by atoms with Gasteiger partial charge in [0.25, 0.3) is 0 Å². The molecule has 0 amide bonds. The van der Waals surface area contributed by atoms with Crippen molar-refractivity contribution in [3.63, 3.8) is 0 Å². The number of methoxy groups -OCH3 is 1. The van der Waals surface area contributed by atoms with Crippen LogP contribution in [0.1, 0.15) is 26.3 Å². The van der Waals surface area contributed by atoms with Crippen molar-refractivity contribution in [3.05, 3.63) is 21.5 Å². The molecule has 19 heavy (non-hydrogen) atoms. The van der Waals surface area contributed by atoms with Crippen molar-refractivity contribution in [1.82, 2.24) is 14.5 Å². The predicted octanol–water partition coefficient (Wildman–Crippen LogP) is 3.84. The molecule has 0 spiro atoms. The monoisotopic (exact) mass is 341 g/mol. The number of pyridine rings is 1. The van der Waals surface area contributed by atoms with Gasteiger partial charge in [0, 0.05) is 29.2 Å². The van der Waals surface area contributed by atoms with E-state index in [1.54, 1.807) is 13.3 Å². The quantitative estimate of drug-likeness (QED) is 0.843. The molecule has 6 heteroatoms. The molecule has 0 aromatic carbocycles. The summed E-state index contributed by atoms with van der Waals surface area (Å²) in [4.78, 5) is 7.73. The Kier molecular flexibility index (Phi) is 3.07. The van der Waals surface area contributed by atoms with Crippen LogP contribution in [0.2, 0.25) is 0 Å². The molecule has 1 aliphatic carbocycles. The molecule has 1 saturated carbocycles. The fourth-order valence-electron chi connectivity index (χ4n) is 2.98. The summed E-state index contributed by atoms with van der Waals surface area (Å²) in [5.41, 5.74) is 1.95. The number of aromatic amines is 1. The number of hydrogen-bond donors (Lipinski definition) is 1. The Balaban J connectivity index is 2.12. The zero-order chi connectivity index (χ0) is 13.8. The first kappa shape index (κ1) is 13.3. The molecule has 4 nitrogen and oxygen atoms in total. The molecule has 102 valence electrons. The van der Waals surface area contributed by atoms with Crippen LogP contribution in [-0.4, -0.2) is 27.7 Å². The number of ether oxygens (including phenoxy) is 1. The molecule has 0 bridgehead atoms. The number of fused-ring (bicyclic) bond motifs is 1. The van der Waals surface area contributed by atoms with E-state index in [0.29, 0.717) is 6.04 Å². The summed E-state index contributed by atoms with van der Waals surface area (Å²) < 4.78 is 9.33. The molecule has 2 aromatic heterocycles. The highest BCUT2D eigenvalue weighted by Gasteiger charge is 2.50. The minimum Gasteiger partial charge on any atom is -0.381 e. The number of nitrogens with zero attached hydrogens (tertiary/aromatic N) is 2. The lowest BCUT2D eigenvalue weighted by atomic mass is 9.64. The highest BCUT2D eigenvalue weighted by molar-refractivity contribution is 9.10. The van der Waals surface area contributed by atoms with Gasteiger partial charge >= 0.3 is 0 Å². The van der Waals surface area contributed by atoms with Crippen molar-refractivity contribution >= 4 is 39.3 Å². The van der Waals surface area contributed by atoms with Gasteiger partial charge in [-0.2, -0.15) is 0 Å². The molecule has 1 fully saturated rings. The molecule has 0 aliphatic heterocycles. The van der Waals surface area contributed by atoms with Crippen LogP contribution in [0.3, 0.4) is 0 Å². The van der Waals surface area contributed by atoms with Crippen molar-refractivity contribution < 1.29 is 4.74 Å². The van der Waals surface area contributed by atoms with Crippen molar-refractivity contribution in [2.75, 3.05) is 7.11 Å². The number of aromatic nitrogens is 3. The van der Waals surface area contributed by atoms with E-state index in [0.717, 1.165) is 26.8 Å². The minimum absolute atomic E-state index is 0.0663. The standard InChI is InChI=1S/C13H16BrN3OS/c1-13(2)9(5-10(13)18-3)17-11-8(16-12(17)19)4-7(14)6-15-11/h4,6,9-10H,5H2,1-3H3,(H,16,19). The van der Waals surface area contributed by atoms with Gasteiger partial charge in [0.2, 0.25) is 0 Å². The van der Waals surface area contributed by atoms with E-state index in [1.165, 1.54) is 0 Å². The molecule has 2 atom stereocenters. The third-order valence-corrected chi connectivity index (χ3v) is 4.98. The van der Waals surface area contributed by atoms with E-state index >= 15 is 0 Å². The van der Waals surface area contributed by atoms with Gasteiger partial charge in [0.1, 0.15) is 0 Å². The maximum atomic E-state index is 5.52. The van der Waals surface area contributed by atoms with Crippen molar-refractivity contribution in [1.29, 1.82) is 0 Å². The first-order valence-electron chi connectivity index (χ1n) is 6.23. The van der Waals surface area contributed by atoms with Gasteiger partial charge in [0.05, 0.1) is 11.6 Å². The van der Waals surface area contributed by atoms with E-state index in [2.05, 4.69) is 44.3 Å². The Labute approximate surface area is 125 Å². The predicted molar refractivity (Wildman–Crippen MR) is 80.8 cm³/mol. The van der Waals surface area contributed by atoms with E-state index in [9.17, 15) is 0 Å². The van der Waals surface area contributed by atoms with Crippen molar-refractivity contribution in [2.45, 2.75) is 32.4 Å². The highest BCUT2D eigenvalue weighted by Crippen LogP contribution is 2.51. The van der Waals surface area contributed by atoms with E-state index < -0.39 is 0 Å². The van der Waals surface area contributed by atoms with Crippen LogP contribution in [0.4, 0.5) is 0 Å². The molecular weight excluding hydrogens is 326 g/mol. The Hall–Kier alpha value is -0.720. The average Bonchev–Trinajstić information content (AvgIpc) is 2.64. The van der Waals surface area contributed by atoms with Gasteiger partial charge in [-0.1, -0.05) is 13.8 Å². The Morgan fingerprint density at radius 1 is 1.58 bits per heavy atom. The second kappa shape index (κ2) is 4.40. The van der Waals surface area contributed by atoms with E-state index in [-0.39, 0.29) is 11.5 Å². The second-order valence-electron chi connectivity index (χ2n) is 5.62. The van der Waals surface area contributed by atoms with Crippen LogP contribution in [0.15, 0.2) is 16.7 Å². The van der Waals surface area contributed by atoms with Crippen LogP contribution in [0.25, 0.3) is 11.2 Å². The summed E-state index contributed by atoms with van der Waals surface area (Å²) in [5.74, 6) is 0. The number of imidazole rings is 1. The Morgan fingerprint density at radius 3 is 2.95 bits per heavy atom. The third kappa shape index (κ3) is 1.88. The fraction of sp³-hybridized carbons (Fsp3) is 0.538. The maximum absolute atomic E-state index is 5.52. The number of rotatable bonds is 2. The number of nitrogens with one attached hydrogen (secondary N) is 1. The highest BCUT2D eigenvalue weighted by atomic mass is 79.9. The summed E-state index contributed by atoms with van der Waals surface area (Å²) in [7, 11) is 1.77. The van der Waals surface area contributed by atoms with Crippen molar-refractivity contribution in [2.24, 2.45) is 5.41 Å². The largest absolute Gasteiger partial charge is 0.381 e. The second-order valence-corrected chi connectivity index (χ2v) is 6.92. The lowest BCUT2D eigenvalue weighted by Crippen LogP contribution is -2.51. The average molecular weight is 342 g/mol. The molecule has 2 unspecified atom stereocenters. The summed E-state index contributed by atoms with van der Waals surface area (Å²) in [6.45, 7) is 4.43. The van der Waals surface area contributed by atoms with Crippen molar-refractivity contribution in [3.8, 4) is 0 Å². The van der Waals surface area contributed by atoms with Crippen LogP contribution in [0.5, 0.6) is 0 Å². The third-order valence-electron chi connectivity index (χ3n) is 4.24. The van der Waals surface area contributed by atoms with Crippen LogP contribution in [0, 0.1) is 10.2 Å². The zero-order valence-corrected chi connectivity index (χ0v) is 13.5. The summed E-state index contributed by atoms with van der Waals surface area (Å²) in [6, 6.07) is 2.33. The van der Waals surface area contributed by atoms with Crippen LogP contribution in [-0.2, 0) is 4.74 Å². The summed E-state index contributed by atoms with van der Waals surface area (Å²) in [6.07, 6.45) is 3.06.